The third-order valence-corrected chi connectivity index (χ3v) is 5.27. The van der Waals surface area contributed by atoms with E-state index in [0.717, 1.165) is 10.2 Å². The van der Waals surface area contributed by atoms with Crippen LogP contribution in [0.4, 0.5) is 0 Å². The predicted octanol–water partition coefficient (Wildman–Crippen LogP) is 5.14. The lowest BCUT2D eigenvalue weighted by Gasteiger charge is -2.03. The van der Waals surface area contributed by atoms with Crippen molar-refractivity contribution in [3.8, 4) is 0 Å². The number of nitrogens with zero attached hydrogens (tertiary/aromatic N) is 2. The minimum Gasteiger partial charge on any atom is -0.311 e. The molecular formula is C19H14Cl2N2O2S. The largest absolute Gasteiger partial charge is 0.311 e. The van der Waals surface area contributed by atoms with Crippen LogP contribution < -0.4 is 4.80 Å². The van der Waals surface area contributed by atoms with E-state index < -0.39 is 5.91 Å². The van der Waals surface area contributed by atoms with E-state index in [9.17, 15) is 9.59 Å². The van der Waals surface area contributed by atoms with Gasteiger partial charge in [-0.25, -0.2) is 0 Å². The second kappa shape index (κ2) is 7.58. The van der Waals surface area contributed by atoms with Crippen LogP contribution in [-0.2, 0) is 6.54 Å². The van der Waals surface area contributed by atoms with Crippen LogP contribution in [0.1, 0.15) is 27.6 Å². The molecule has 2 aromatic carbocycles. The van der Waals surface area contributed by atoms with Gasteiger partial charge in [0.2, 0.25) is 0 Å². The summed E-state index contributed by atoms with van der Waals surface area (Å²) >= 11 is 13.7. The summed E-state index contributed by atoms with van der Waals surface area (Å²) < 4.78 is 2.66. The summed E-state index contributed by atoms with van der Waals surface area (Å²) in [5.74, 6) is -0.451. The lowest BCUT2D eigenvalue weighted by molar-refractivity contribution is 0.0991. The molecule has 0 aliphatic heterocycles. The van der Waals surface area contributed by atoms with Crippen molar-refractivity contribution in [2.24, 2.45) is 4.99 Å². The maximum absolute atomic E-state index is 12.5. The van der Waals surface area contributed by atoms with Crippen molar-refractivity contribution in [1.29, 1.82) is 0 Å². The number of halogens is 2. The molecule has 4 nitrogen and oxygen atoms in total. The molecule has 0 saturated heterocycles. The van der Waals surface area contributed by atoms with Gasteiger partial charge in [0.25, 0.3) is 5.91 Å². The van der Waals surface area contributed by atoms with Crippen LogP contribution in [0.2, 0.25) is 10.0 Å². The number of thiazole rings is 1. The summed E-state index contributed by atoms with van der Waals surface area (Å²) in [4.78, 5) is 28.6. The van der Waals surface area contributed by atoms with Gasteiger partial charge in [0.05, 0.1) is 15.2 Å². The molecule has 7 heteroatoms. The molecule has 3 aromatic rings. The summed E-state index contributed by atoms with van der Waals surface area (Å²) in [6, 6.07) is 9.87. The maximum atomic E-state index is 12.5. The van der Waals surface area contributed by atoms with E-state index in [1.807, 2.05) is 4.57 Å². The van der Waals surface area contributed by atoms with Gasteiger partial charge < -0.3 is 4.57 Å². The Morgan fingerprint density at radius 2 is 1.85 bits per heavy atom. The molecule has 1 heterocycles. The van der Waals surface area contributed by atoms with Gasteiger partial charge in [0, 0.05) is 22.7 Å². The molecule has 0 N–H and O–H groups in total. The Kier molecular flexibility index (Phi) is 5.41. The van der Waals surface area contributed by atoms with Gasteiger partial charge in [-0.3, -0.25) is 9.59 Å². The third-order valence-electron chi connectivity index (χ3n) is 3.74. The molecule has 0 aliphatic rings. The molecule has 0 fully saturated rings. The average Bonchev–Trinajstić information content (AvgIpc) is 2.92. The van der Waals surface area contributed by atoms with E-state index in [-0.39, 0.29) is 5.78 Å². The molecule has 1 amide bonds. The number of carbonyl (C=O) groups excluding carboxylic acids is 2. The second-order valence-electron chi connectivity index (χ2n) is 5.57. The highest BCUT2D eigenvalue weighted by molar-refractivity contribution is 7.16. The minimum atomic E-state index is -0.397. The van der Waals surface area contributed by atoms with Gasteiger partial charge in [0.15, 0.2) is 10.6 Å². The van der Waals surface area contributed by atoms with Crippen molar-refractivity contribution in [1.82, 2.24) is 4.57 Å². The number of rotatable bonds is 4. The zero-order chi connectivity index (χ0) is 18.8. The van der Waals surface area contributed by atoms with Crippen molar-refractivity contribution in [3.63, 3.8) is 0 Å². The first-order chi connectivity index (χ1) is 12.4. The van der Waals surface area contributed by atoms with Crippen LogP contribution in [0.15, 0.2) is 54.0 Å². The van der Waals surface area contributed by atoms with E-state index in [4.69, 9.17) is 23.2 Å². The van der Waals surface area contributed by atoms with Crippen LogP contribution in [0.25, 0.3) is 10.2 Å². The topological polar surface area (TPSA) is 51.4 Å². The number of Topliss-reactive ketones (excluding diaryl/α,β-unsaturated/α-hetero) is 1. The molecule has 1 aromatic heterocycles. The number of benzene rings is 2. The normalized spacial score (nSPS) is 11.7. The zero-order valence-electron chi connectivity index (χ0n) is 13.8. The predicted molar refractivity (Wildman–Crippen MR) is 106 cm³/mol. The first kappa shape index (κ1) is 18.6. The lowest BCUT2D eigenvalue weighted by Crippen LogP contribution is -2.16. The van der Waals surface area contributed by atoms with E-state index in [1.54, 1.807) is 42.5 Å². The fourth-order valence-corrected chi connectivity index (χ4v) is 4.33. The molecule has 0 unspecified atom stereocenters. The molecule has 26 heavy (non-hydrogen) atoms. The summed E-state index contributed by atoms with van der Waals surface area (Å²) in [6.07, 6.45) is 1.71. The molecule has 0 aliphatic carbocycles. The molecule has 3 rings (SSSR count). The Morgan fingerprint density at radius 1 is 1.19 bits per heavy atom. The zero-order valence-corrected chi connectivity index (χ0v) is 16.2. The minimum absolute atomic E-state index is 0.0548. The quantitative estimate of drug-likeness (QED) is 0.446. The Bertz CT molecular complexity index is 1100. The van der Waals surface area contributed by atoms with Gasteiger partial charge in [-0.15, -0.1) is 6.58 Å². The van der Waals surface area contributed by atoms with E-state index in [1.165, 1.54) is 18.3 Å². The average molecular weight is 405 g/mol. The van der Waals surface area contributed by atoms with Gasteiger partial charge in [0.1, 0.15) is 0 Å². The molecule has 0 atom stereocenters. The number of allylic oxidation sites excluding steroid dienone is 1. The van der Waals surface area contributed by atoms with Gasteiger partial charge >= 0.3 is 0 Å². The van der Waals surface area contributed by atoms with Crippen molar-refractivity contribution in [2.75, 3.05) is 0 Å². The van der Waals surface area contributed by atoms with E-state index in [0.29, 0.717) is 32.5 Å². The fraction of sp³-hybridized carbons (Fsp3) is 0.105. The molecule has 132 valence electrons. The molecule has 0 bridgehead atoms. The van der Waals surface area contributed by atoms with Crippen molar-refractivity contribution in [2.45, 2.75) is 13.5 Å². The third kappa shape index (κ3) is 3.65. The van der Waals surface area contributed by atoms with Crippen LogP contribution in [0.5, 0.6) is 0 Å². The fourth-order valence-electron chi connectivity index (χ4n) is 2.51. The van der Waals surface area contributed by atoms with Crippen LogP contribution in [-0.4, -0.2) is 16.3 Å². The number of hydrogen-bond donors (Lipinski definition) is 0. The Labute approximate surface area is 164 Å². The number of carbonyl (C=O) groups is 2. The Morgan fingerprint density at radius 3 is 2.46 bits per heavy atom. The summed E-state index contributed by atoms with van der Waals surface area (Å²) in [7, 11) is 0. The van der Waals surface area contributed by atoms with Crippen molar-refractivity contribution >= 4 is 56.4 Å². The number of fused-ring (bicyclic) bond motifs is 1. The highest BCUT2D eigenvalue weighted by Gasteiger charge is 2.12. The first-order valence-electron chi connectivity index (χ1n) is 7.70. The van der Waals surface area contributed by atoms with Crippen LogP contribution in [0, 0.1) is 0 Å². The first-order valence-corrected chi connectivity index (χ1v) is 9.27. The van der Waals surface area contributed by atoms with Gasteiger partial charge in [-0.1, -0.05) is 52.7 Å². The van der Waals surface area contributed by atoms with Crippen molar-refractivity contribution in [3.05, 3.63) is 75.0 Å². The molecule has 0 radical (unpaired) electrons. The summed E-state index contributed by atoms with van der Waals surface area (Å²) in [5, 5.41) is 1.01. The summed E-state index contributed by atoms with van der Waals surface area (Å²) in [6.45, 7) is 5.68. The maximum Gasteiger partial charge on any atom is 0.279 e. The second-order valence-corrected chi connectivity index (χ2v) is 7.42. The number of ketones is 1. The lowest BCUT2D eigenvalue weighted by atomic mass is 10.1. The molecule has 0 saturated carbocycles. The monoisotopic (exact) mass is 404 g/mol. The SMILES string of the molecule is C=CCn1c(=NC(=O)c2ccc(C(C)=O)cc2)sc2cc(Cl)cc(Cl)c21. The van der Waals surface area contributed by atoms with Crippen LogP contribution in [0.3, 0.4) is 0 Å². The number of aromatic nitrogens is 1. The number of hydrogen-bond acceptors (Lipinski definition) is 3. The van der Waals surface area contributed by atoms with Gasteiger partial charge in [-0.05, 0) is 31.2 Å². The smallest absolute Gasteiger partial charge is 0.279 e. The van der Waals surface area contributed by atoms with Crippen molar-refractivity contribution < 1.29 is 9.59 Å². The Balaban J connectivity index is 2.12. The van der Waals surface area contributed by atoms with Crippen LogP contribution >= 0.6 is 34.5 Å². The molecular weight excluding hydrogens is 391 g/mol. The van der Waals surface area contributed by atoms with E-state index in [2.05, 4.69) is 11.6 Å². The molecule has 0 spiro atoms. The highest BCUT2D eigenvalue weighted by atomic mass is 35.5. The highest BCUT2D eigenvalue weighted by Crippen LogP contribution is 2.29. The summed E-state index contributed by atoms with van der Waals surface area (Å²) in [5.41, 5.74) is 1.72. The van der Waals surface area contributed by atoms with E-state index >= 15 is 0 Å². The standard InChI is InChI=1S/C19H14Cl2N2O2S/c1-3-8-23-17-15(21)9-14(20)10-16(17)26-19(23)22-18(25)13-6-4-12(5-7-13)11(2)24/h3-7,9-10H,1,8H2,2H3. The Hall–Kier alpha value is -2.21. The number of amides is 1. The van der Waals surface area contributed by atoms with Gasteiger partial charge in [-0.2, -0.15) is 4.99 Å².